The Morgan fingerprint density at radius 2 is 1.59 bits per heavy atom. The first-order chi connectivity index (χ1) is 15.6. The number of aliphatic hydroxyl groups excluding tert-OH is 1. The van der Waals surface area contributed by atoms with Gasteiger partial charge in [0.25, 0.3) is 5.91 Å². The molecule has 0 fully saturated rings. The van der Waals surface area contributed by atoms with Gasteiger partial charge in [-0.1, -0.05) is 66.7 Å². The second-order valence-corrected chi connectivity index (χ2v) is 7.29. The summed E-state index contributed by atoms with van der Waals surface area (Å²) < 4.78 is 5.49. The van der Waals surface area contributed by atoms with Crippen molar-refractivity contribution < 1.29 is 19.4 Å². The van der Waals surface area contributed by atoms with Crippen LogP contribution >= 0.6 is 0 Å². The van der Waals surface area contributed by atoms with Crippen LogP contribution in [0.1, 0.15) is 24.1 Å². The fourth-order valence-electron chi connectivity index (χ4n) is 3.77. The molecule has 1 N–H and O–H groups in total. The first-order valence-corrected chi connectivity index (χ1v) is 10.4. The maximum absolute atomic E-state index is 13.2. The number of hydrogen-bond acceptors (Lipinski definition) is 4. The fourth-order valence-corrected chi connectivity index (χ4v) is 3.77. The number of allylic oxidation sites excluding steroid dienone is 1. The number of hydrogen-bond donors (Lipinski definition) is 1. The van der Waals surface area contributed by atoms with Crippen LogP contribution in [0.4, 0.5) is 5.69 Å². The summed E-state index contributed by atoms with van der Waals surface area (Å²) in [4.78, 5) is 27.7. The molecule has 0 saturated heterocycles. The molecule has 1 atom stereocenters. The van der Waals surface area contributed by atoms with Gasteiger partial charge in [0.2, 0.25) is 0 Å². The van der Waals surface area contributed by atoms with Gasteiger partial charge in [0, 0.05) is 5.69 Å². The summed E-state index contributed by atoms with van der Waals surface area (Å²) in [5, 5.41) is 10.7. The summed E-state index contributed by atoms with van der Waals surface area (Å²) >= 11 is 0. The third-order valence-electron chi connectivity index (χ3n) is 5.24. The van der Waals surface area contributed by atoms with Crippen LogP contribution in [0.5, 0.6) is 5.75 Å². The SMILES string of the molecule is CCOc1ccc(N2C(=O)C(O)=C(C(=O)/C=C/c3ccccc3)C2c2ccccc2)cc1. The molecule has 32 heavy (non-hydrogen) atoms. The average molecular weight is 425 g/mol. The first kappa shape index (κ1) is 21.1. The number of nitrogens with zero attached hydrogens (tertiary/aromatic N) is 1. The monoisotopic (exact) mass is 425 g/mol. The summed E-state index contributed by atoms with van der Waals surface area (Å²) in [6.07, 6.45) is 3.07. The molecule has 1 amide bonds. The first-order valence-electron chi connectivity index (χ1n) is 10.4. The minimum atomic E-state index is -0.741. The molecule has 0 aliphatic carbocycles. The van der Waals surface area contributed by atoms with Crippen LogP contribution in [0.3, 0.4) is 0 Å². The zero-order valence-electron chi connectivity index (χ0n) is 17.6. The third kappa shape index (κ3) is 4.18. The Labute approximate surface area is 186 Å². The second-order valence-electron chi connectivity index (χ2n) is 7.29. The Kier molecular flexibility index (Phi) is 6.17. The number of amides is 1. The van der Waals surface area contributed by atoms with Gasteiger partial charge in [-0.2, -0.15) is 0 Å². The highest BCUT2D eigenvalue weighted by atomic mass is 16.5. The molecule has 0 saturated carbocycles. The molecular formula is C27H23NO4. The minimum absolute atomic E-state index is 0.0577. The molecule has 1 unspecified atom stereocenters. The highest BCUT2D eigenvalue weighted by Crippen LogP contribution is 2.41. The van der Waals surface area contributed by atoms with E-state index in [-0.39, 0.29) is 5.57 Å². The Hall–Kier alpha value is -4.12. The molecule has 0 bridgehead atoms. The molecule has 0 spiro atoms. The highest BCUT2D eigenvalue weighted by Gasteiger charge is 2.43. The number of carbonyl (C=O) groups is 2. The number of ether oxygens (including phenoxy) is 1. The van der Waals surface area contributed by atoms with Crippen LogP contribution in [0.25, 0.3) is 6.08 Å². The Morgan fingerprint density at radius 1 is 0.969 bits per heavy atom. The van der Waals surface area contributed by atoms with E-state index >= 15 is 0 Å². The van der Waals surface area contributed by atoms with E-state index in [1.54, 1.807) is 30.3 Å². The van der Waals surface area contributed by atoms with Gasteiger partial charge in [-0.3, -0.25) is 14.5 Å². The van der Waals surface area contributed by atoms with E-state index in [4.69, 9.17) is 4.74 Å². The van der Waals surface area contributed by atoms with Gasteiger partial charge < -0.3 is 9.84 Å². The predicted molar refractivity (Wildman–Crippen MR) is 124 cm³/mol. The van der Waals surface area contributed by atoms with Crippen LogP contribution in [0, 0.1) is 0 Å². The van der Waals surface area contributed by atoms with Gasteiger partial charge in [-0.25, -0.2) is 0 Å². The smallest absolute Gasteiger partial charge is 0.294 e. The van der Waals surface area contributed by atoms with Gasteiger partial charge in [0.15, 0.2) is 11.5 Å². The van der Waals surface area contributed by atoms with E-state index in [0.29, 0.717) is 18.0 Å². The maximum Gasteiger partial charge on any atom is 0.294 e. The molecule has 5 nitrogen and oxygen atoms in total. The molecule has 1 heterocycles. The van der Waals surface area contributed by atoms with Crippen molar-refractivity contribution in [1.82, 2.24) is 0 Å². The number of benzene rings is 3. The van der Waals surface area contributed by atoms with Crippen molar-refractivity contribution in [2.75, 3.05) is 11.5 Å². The average Bonchev–Trinajstić information content (AvgIpc) is 3.10. The van der Waals surface area contributed by atoms with Gasteiger partial charge in [0.1, 0.15) is 5.75 Å². The molecule has 0 aromatic heterocycles. The standard InChI is InChI=1S/C27H23NO4/c1-2-32-22-16-14-21(15-17-22)28-25(20-11-7-4-8-12-20)24(26(30)27(28)31)23(29)18-13-19-9-5-3-6-10-19/h3-18,25,30H,2H2,1H3/b18-13+. The Balaban J connectivity index is 1.74. The normalized spacial score (nSPS) is 16.1. The zero-order valence-corrected chi connectivity index (χ0v) is 17.6. The van der Waals surface area contributed by atoms with E-state index in [1.807, 2.05) is 67.6 Å². The van der Waals surface area contributed by atoms with Crippen molar-refractivity contribution in [3.05, 3.63) is 113 Å². The molecule has 0 radical (unpaired) electrons. The molecule has 160 valence electrons. The molecule has 1 aliphatic rings. The van der Waals surface area contributed by atoms with Gasteiger partial charge in [0.05, 0.1) is 18.2 Å². The van der Waals surface area contributed by atoms with E-state index in [9.17, 15) is 14.7 Å². The Bertz CT molecular complexity index is 1170. The fraction of sp³-hybridized carbons (Fsp3) is 0.111. The van der Waals surface area contributed by atoms with Crippen molar-refractivity contribution in [1.29, 1.82) is 0 Å². The van der Waals surface area contributed by atoms with Crippen molar-refractivity contribution in [3.63, 3.8) is 0 Å². The molecular weight excluding hydrogens is 402 g/mol. The topological polar surface area (TPSA) is 66.8 Å². The van der Waals surface area contributed by atoms with Crippen LogP contribution in [0.15, 0.2) is 102 Å². The van der Waals surface area contributed by atoms with E-state index in [1.165, 1.54) is 11.0 Å². The van der Waals surface area contributed by atoms with Gasteiger partial charge in [-0.05, 0) is 48.4 Å². The predicted octanol–water partition coefficient (Wildman–Crippen LogP) is 5.27. The molecule has 3 aromatic rings. The minimum Gasteiger partial charge on any atom is -0.503 e. The number of aliphatic hydroxyl groups is 1. The molecule has 1 aliphatic heterocycles. The summed E-state index contributed by atoms with van der Waals surface area (Å²) in [7, 11) is 0. The quantitative estimate of drug-likeness (QED) is 0.524. The van der Waals surface area contributed by atoms with Crippen LogP contribution in [-0.2, 0) is 9.59 Å². The largest absolute Gasteiger partial charge is 0.503 e. The van der Waals surface area contributed by atoms with Gasteiger partial charge >= 0.3 is 0 Å². The lowest BCUT2D eigenvalue weighted by molar-refractivity contribution is -0.117. The van der Waals surface area contributed by atoms with Crippen molar-refractivity contribution in [2.24, 2.45) is 0 Å². The van der Waals surface area contributed by atoms with Crippen LogP contribution in [-0.4, -0.2) is 23.4 Å². The number of ketones is 1. The number of anilines is 1. The number of rotatable bonds is 7. The lowest BCUT2D eigenvalue weighted by Gasteiger charge is -2.26. The molecule has 5 heteroatoms. The molecule has 4 rings (SSSR count). The van der Waals surface area contributed by atoms with E-state index in [2.05, 4.69) is 0 Å². The van der Waals surface area contributed by atoms with Gasteiger partial charge in [-0.15, -0.1) is 0 Å². The van der Waals surface area contributed by atoms with Crippen LogP contribution < -0.4 is 9.64 Å². The highest BCUT2D eigenvalue weighted by molar-refractivity contribution is 6.19. The van der Waals surface area contributed by atoms with E-state index in [0.717, 1.165) is 11.1 Å². The van der Waals surface area contributed by atoms with Crippen molar-refractivity contribution in [3.8, 4) is 5.75 Å². The second kappa shape index (κ2) is 9.35. The lowest BCUT2D eigenvalue weighted by atomic mass is 9.95. The zero-order chi connectivity index (χ0) is 22.5. The third-order valence-corrected chi connectivity index (χ3v) is 5.24. The van der Waals surface area contributed by atoms with Crippen molar-refractivity contribution in [2.45, 2.75) is 13.0 Å². The summed E-state index contributed by atoms with van der Waals surface area (Å²) in [6.45, 7) is 2.43. The Morgan fingerprint density at radius 3 is 2.22 bits per heavy atom. The summed E-state index contributed by atoms with van der Waals surface area (Å²) in [6, 6.07) is 24.9. The van der Waals surface area contributed by atoms with Crippen molar-refractivity contribution >= 4 is 23.5 Å². The van der Waals surface area contributed by atoms with Crippen LogP contribution in [0.2, 0.25) is 0 Å². The maximum atomic E-state index is 13.2. The number of carbonyl (C=O) groups excluding carboxylic acids is 2. The van der Waals surface area contributed by atoms with E-state index < -0.39 is 23.5 Å². The summed E-state index contributed by atoms with van der Waals surface area (Å²) in [5.74, 6) is -0.879. The molecule has 3 aromatic carbocycles. The summed E-state index contributed by atoms with van der Waals surface area (Å²) in [5.41, 5.74) is 2.20. The lowest BCUT2D eigenvalue weighted by Crippen LogP contribution is -2.30.